The first-order valence-corrected chi connectivity index (χ1v) is 8.78. The molecular formula is C21H21F3O. The normalized spacial score (nSPS) is 18.9. The monoisotopic (exact) mass is 346 g/mol. The molecule has 2 saturated carbocycles. The number of ether oxygens (including phenoxy) is 1. The minimum absolute atomic E-state index is 0.0905. The molecule has 25 heavy (non-hydrogen) atoms. The highest BCUT2D eigenvalue weighted by Crippen LogP contribution is 2.57. The van der Waals surface area contributed by atoms with E-state index in [0.717, 1.165) is 18.4 Å². The van der Waals surface area contributed by atoms with Crippen LogP contribution in [0.2, 0.25) is 0 Å². The lowest BCUT2D eigenvalue weighted by molar-refractivity contribution is -0.274. The van der Waals surface area contributed by atoms with Crippen LogP contribution in [0.15, 0.2) is 36.4 Å². The van der Waals surface area contributed by atoms with Crippen molar-refractivity contribution in [3.05, 3.63) is 64.2 Å². The van der Waals surface area contributed by atoms with E-state index in [-0.39, 0.29) is 11.2 Å². The summed E-state index contributed by atoms with van der Waals surface area (Å²) in [4.78, 5) is 0. The van der Waals surface area contributed by atoms with Crippen molar-refractivity contribution in [3.8, 4) is 5.75 Å². The highest BCUT2D eigenvalue weighted by atomic mass is 19.4. The second-order valence-corrected chi connectivity index (χ2v) is 7.35. The van der Waals surface area contributed by atoms with Crippen molar-refractivity contribution in [1.82, 2.24) is 0 Å². The van der Waals surface area contributed by atoms with Crippen molar-refractivity contribution < 1.29 is 17.9 Å². The third-order valence-electron chi connectivity index (χ3n) is 5.68. The lowest BCUT2D eigenvalue weighted by atomic mass is 9.81. The summed E-state index contributed by atoms with van der Waals surface area (Å²) in [5, 5.41) is 0. The summed E-state index contributed by atoms with van der Waals surface area (Å²) in [7, 11) is 0. The van der Waals surface area contributed by atoms with E-state index in [1.54, 1.807) is 13.0 Å². The molecule has 132 valence electrons. The van der Waals surface area contributed by atoms with Gasteiger partial charge in [0, 0.05) is 5.41 Å². The Hall–Kier alpha value is -1.97. The quantitative estimate of drug-likeness (QED) is 0.644. The second kappa shape index (κ2) is 5.52. The smallest absolute Gasteiger partial charge is 0.406 e. The maximum atomic E-state index is 12.7. The number of rotatable bonds is 4. The lowest BCUT2D eigenvalue weighted by Crippen LogP contribution is -2.19. The molecule has 2 aliphatic rings. The SMILES string of the molecule is Cc1c(OC(F)(F)F)cccc1C1(c2cccc(C3CC3)c2C)CC1. The van der Waals surface area contributed by atoms with Gasteiger partial charge >= 0.3 is 6.36 Å². The molecule has 1 nitrogen and oxygen atoms in total. The topological polar surface area (TPSA) is 9.23 Å². The summed E-state index contributed by atoms with van der Waals surface area (Å²) < 4.78 is 42.3. The summed E-state index contributed by atoms with van der Waals surface area (Å²) in [6, 6.07) is 11.5. The number of alkyl halides is 3. The van der Waals surface area contributed by atoms with Crippen LogP contribution in [0.25, 0.3) is 0 Å². The van der Waals surface area contributed by atoms with Crippen molar-refractivity contribution in [2.75, 3.05) is 0 Å². The van der Waals surface area contributed by atoms with Crippen LogP contribution in [-0.4, -0.2) is 6.36 Å². The zero-order valence-corrected chi connectivity index (χ0v) is 14.4. The number of benzene rings is 2. The summed E-state index contributed by atoms with van der Waals surface area (Å²) in [5.74, 6) is 0.573. The molecule has 0 atom stereocenters. The standard InChI is InChI=1S/C21H21F3O/c1-13-16(15-9-10-15)5-3-6-17(13)20(11-12-20)18-7-4-8-19(14(18)2)25-21(22,23)24/h3-8,15H,9-12H2,1-2H3. The molecule has 0 aliphatic heterocycles. The Labute approximate surface area is 145 Å². The van der Waals surface area contributed by atoms with Gasteiger partial charge in [-0.1, -0.05) is 30.3 Å². The van der Waals surface area contributed by atoms with Crippen LogP contribution in [0, 0.1) is 13.8 Å². The van der Waals surface area contributed by atoms with Crippen LogP contribution < -0.4 is 4.74 Å². The Balaban J connectivity index is 1.77. The van der Waals surface area contributed by atoms with E-state index in [1.807, 2.05) is 6.07 Å². The molecule has 2 fully saturated rings. The van der Waals surface area contributed by atoms with Crippen LogP contribution in [0.4, 0.5) is 13.2 Å². The van der Waals surface area contributed by atoms with Crippen molar-refractivity contribution in [2.45, 2.75) is 57.2 Å². The fraction of sp³-hybridized carbons (Fsp3) is 0.429. The third-order valence-corrected chi connectivity index (χ3v) is 5.68. The van der Waals surface area contributed by atoms with E-state index in [4.69, 9.17) is 0 Å². The number of hydrogen-bond acceptors (Lipinski definition) is 1. The largest absolute Gasteiger partial charge is 0.573 e. The van der Waals surface area contributed by atoms with Gasteiger partial charge in [0.15, 0.2) is 0 Å². The van der Waals surface area contributed by atoms with E-state index in [0.29, 0.717) is 11.5 Å². The molecule has 0 radical (unpaired) electrons. The molecule has 2 aromatic carbocycles. The highest BCUT2D eigenvalue weighted by Gasteiger charge is 2.48. The number of halogens is 3. The lowest BCUT2D eigenvalue weighted by Gasteiger charge is -2.24. The minimum atomic E-state index is -4.66. The average molecular weight is 346 g/mol. The zero-order valence-electron chi connectivity index (χ0n) is 14.4. The van der Waals surface area contributed by atoms with E-state index >= 15 is 0 Å². The third kappa shape index (κ3) is 2.92. The van der Waals surface area contributed by atoms with E-state index < -0.39 is 6.36 Å². The predicted molar refractivity (Wildman–Crippen MR) is 91.0 cm³/mol. The Morgan fingerprint density at radius 2 is 1.52 bits per heavy atom. The fourth-order valence-corrected chi connectivity index (χ4v) is 4.19. The van der Waals surface area contributed by atoms with Gasteiger partial charge in [-0.2, -0.15) is 0 Å². The maximum absolute atomic E-state index is 12.7. The minimum Gasteiger partial charge on any atom is -0.406 e. The first kappa shape index (κ1) is 16.5. The van der Waals surface area contributed by atoms with Crippen molar-refractivity contribution in [3.63, 3.8) is 0 Å². The Morgan fingerprint density at radius 3 is 2.08 bits per heavy atom. The maximum Gasteiger partial charge on any atom is 0.573 e. The number of hydrogen-bond donors (Lipinski definition) is 0. The van der Waals surface area contributed by atoms with Crippen LogP contribution in [0.5, 0.6) is 5.75 Å². The molecular weight excluding hydrogens is 325 g/mol. The second-order valence-electron chi connectivity index (χ2n) is 7.35. The summed E-state index contributed by atoms with van der Waals surface area (Å²) in [6.45, 7) is 3.89. The Morgan fingerprint density at radius 1 is 0.920 bits per heavy atom. The van der Waals surface area contributed by atoms with Gasteiger partial charge < -0.3 is 4.74 Å². The van der Waals surface area contributed by atoms with E-state index in [2.05, 4.69) is 29.9 Å². The molecule has 0 heterocycles. The highest BCUT2D eigenvalue weighted by molar-refractivity contribution is 5.56. The van der Waals surface area contributed by atoms with E-state index in [9.17, 15) is 13.2 Å². The van der Waals surface area contributed by atoms with E-state index in [1.165, 1.54) is 35.6 Å². The fourth-order valence-electron chi connectivity index (χ4n) is 4.19. The molecule has 2 aromatic rings. The predicted octanol–water partition coefficient (Wildman–Crippen LogP) is 6.16. The van der Waals surface area contributed by atoms with Gasteiger partial charge in [-0.3, -0.25) is 0 Å². The van der Waals surface area contributed by atoms with Crippen molar-refractivity contribution in [2.24, 2.45) is 0 Å². The molecule has 0 N–H and O–H groups in total. The molecule has 0 spiro atoms. The van der Waals surface area contributed by atoms with Gasteiger partial charge in [-0.25, -0.2) is 0 Å². The van der Waals surface area contributed by atoms with Gasteiger partial charge in [0.05, 0.1) is 0 Å². The Kier molecular flexibility index (Phi) is 3.64. The molecule has 0 aromatic heterocycles. The molecule has 0 saturated heterocycles. The molecule has 2 aliphatic carbocycles. The van der Waals surface area contributed by atoms with Crippen LogP contribution in [0.1, 0.15) is 59.4 Å². The summed E-state index contributed by atoms with van der Waals surface area (Å²) >= 11 is 0. The Bertz CT molecular complexity index is 814. The summed E-state index contributed by atoms with van der Waals surface area (Å²) in [6.07, 6.45) is -0.241. The zero-order chi connectivity index (χ0) is 17.8. The van der Waals surface area contributed by atoms with Crippen LogP contribution >= 0.6 is 0 Å². The molecule has 4 rings (SSSR count). The average Bonchev–Trinajstić information content (AvgIpc) is 3.42. The van der Waals surface area contributed by atoms with Gasteiger partial charge in [0.2, 0.25) is 0 Å². The molecule has 0 amide bonds. The van der Waals surface area contributed by atoms with Crippen LogP contribution in [-0.2, 0) is 5.41 Å². The first-order chi connectivity index (χ1) is 11.8. The molecule has 0 bridgehead atoms. The molecule has 0 unspecified atom stereocenters. The van der Waals surface area contributed by atoms with Gasteiger partial charge in [-0.15, -0.1) is 13.2 Å². The van der Waals surface area contributed by atoms with Crippen LogP contribution in [0.3, 0.4) is 0 Å². The van der Waals surface area contributed by atoms with Crippen molar-refractivity contribution >= 4 is 0 Å². The summed E-state index contributed by atoms with van der Waals surface area (Å²) in [5.41, 5.74) is 5.38. The van der Waals surface area contributed by atoms with Gasteiger partial charge in [0.1, 0.15) is 5.75 Å². The van der Waals surface area contributed by atoms with Gasteiger partial charge in [-0.05, 0) is 79.3 Å². The van der Waals surface area contributed by atoms with Gasteiger partial charge in [0.25, 0.3) is 0 Å². The van der Waals surface area contributed by atoms with Crippen molar-refractivity contribution in [1.29, 1.82) is 0 Å². The first-order valence-electron chi connectivity index (χ1n) is 8.78. The molecule has 4 heteroatoms.